The second-order valence-corrected chi connectivity index (χ2v) is 4.97. The van der Waals surface area contributed by atoms with Gasteiger partial charge in [-0.25, -0.2) is 0 Å². The number of hydrogen-bond donors (Lipinski definition) is 1. The summed E-state index contributed by atoms with van der Waals surface area (Å²) < 4.78 is 6.30. The molecule has 1 amide bonds. The lowest BCUT2D eigenvalue weighted by molar-refractivity contribution is -0.132. The van der Waals surface area contributed by atoms with E-state index in [1.54, 1.807) is 11.9 Å². The molecule has 0 heterocycles. The molecule has 0 saturated heterocycles. The molecule has 0 aliphatic heterocycles. The summed E-state index contributed by atoms with van der Waals surface area (Å²) in [4.78, 5) is 13.3. The topological polar surface area (TPSA) is 49.8 Å². The number of hydrogen-bond acceptors (Lipinski definition) is 3. The van der Waals surface area contributed by atoms with Crippen LogP contribution in [0.3, 0.4) is 0 Å². The van der Waals surface area contributed by atoms with Gasteiger partial charge in [0.05, 0.1) is 4.47 Å². The highest BCUT2D eigenvalue weighted by molar-refractivity contribution is 9.10. The third-order valence-corrected chi connectivity index (χ3v) is 3.14. The Morgan fingerprint density at radius 3 is 2.83 bits per heavy atom. The molecule has 1 aromatic rings. The molecule has 4 nitrogen and oxygen atoms in total. The van der Waals surface area contributed by atoms with Crippen LogP contribution in [0.2, 0.25) is 0 Å². The molecule has 0 aliphatic rings. The summed E-state index contributed by atoms with van der Waals surface area (Å²) in [5.41, 5.74) is 1.13. The van der Waals surface area contributed by atoms with E-state index < -0.39 is 0 Å². The van der Waals surface area contributed by atoms with Gasteiger partial charge in [-0.2, -0.15) is 0 Å². The Morgan fingerprint density at radius 2 is 2.22 bits per heavy atom. The Balaban J connectivity index is 2.47. The third-order valence-electron chi connectivity index (χ3n) is 2.52. The summed E-state index contributed by atoms with van der Waals surface area (Å²) >= 11 is 3.39. The van der Waals surface area contributed by atoms with Crippen LogP contribution in [0.25, 0.3) is 0 Å². The molecule has 0 aliphatic carbocycles. The van der Waals surface area contributed by atoms with E-state index >= 15 is 0 Å². The van der Waals surface area contributed by atoms with Crippen molar-refractivity contribution in [3.8, 4) is 5.75 Å². The molecule has 1 N–H and O–H groups in total. The lowest BCUT2D eigenvalue weighted by Crippen LogP contribution is -2.32. The van der Waals surface area contributed by atoms with Crippen molar-refractivity contribution in [3.63, 3.8) is 0 Å². The Labute approximate surface area is 116 Å². The molecule has 0 saturated carbocycles. The summed E-state index contributed by atoms with van der Waals surface area (Å²) in [5.74, 6) is 0.556. The monoisotopic (exact) mass is 315 g/mol. The van der Waals surface area contributed by atoms with Gasteiger partial charge in [0.1, 0.15) is 5.75 Å². The van der Waals surface area contributed by atoms with Crippen molar-refractivity contribution in [2.75, 3.05) is 26.8 Å². The fourth-order valence-electron chi connectivity index (χ4n) is 1.41. The van der Waals surface area contributed by atoms with Crippen LogP contribution in [0.15, 0.2) is 22.7 Å². The van der Waals surface area contributed by atoms with Crippen molar-refractivity contribution in [3.05, 3.63) is 28.2 Å². The number of rotatable bonds is 6. The molecule has 0 atom stereocenters. The van der Waals surface area contributed by atoms with E-state index in [0.29, 0.717) is 18.7 Å². The predicted octanol–water partition coefficient (Wildman–Crippen LogP) is 1.98. The first-order chi connectivity index (χ1) is 8.54. The number of halogens is 1. The minimum Gasteiger partial charge on any atom is -0.483 e. The molecule has 100 valence electrons. The lowest BCUT2D eigenvalue weighted by Gasteiger charge is -2.17. The van der Waals surface area contributed by atoms with Gasteiger partial charge in [0.15, 0.2) is 6.61 Å². The number of carbonyl (C=O) groups excluding carboxylic acids is 1. The van der Waals surface area contributed by atoms with Gasteiger partial charge >= 0.3 is 0 Å². The summed E-state index contributed by atoms with van der Waals surface area (Å²) in [6.07, 6.45) is 0.580. The van der Waals surface area contributed by atoms with Crippen molar-refractivity contribution in [1.29, 1.82) is 0 Å². The zero-order valence-corrected chi connectivity index (χ0v) is 12.2. The van der Waals surface area contributed by atoms with Crippen molar-refractivity contribution >= 4 is 21.8 Å². The van der Waals surface area contributed by atoms with E-state index in [1.165, 1.54) is 0 Å². The van der Waals surface area contributed by atoms with E-state index in [1.807, 2.05) is 25.1 Å². The molecule has 5 heteroatoms. The predicted molar refractivity (Wildman–Crippen MR) is 73.7 cm³/mol. The highest BCUT2D eigenvalue weighted by Crippen LogP contribution is 2.25. The van der Waals surface area contributed by atoms with E-state index in [2.05, 4.69) is 15.9 Å². The summed E-state index contributed by atoms with van der Waals surface area (Å²) in [7, 11) is 1.70. The first kappa shape index (κ1) is 15.0. The van der Waals surface area contributed by atoms with Crippen LogP contribution in [-0.2, 0) is 4.79 Å². The molecule has 0 bridgehead atoms. The average Bonchev–Trinajstić information content (AvgIpc) is 2.34. The highest BCUT2D eigenvalue weighted by Gasteiger charge is 2.10. The Hall–Kier alpha value is -1.07. The van der Waals surface area contributed by atoms with Crippen LogP contribution >= 0.6 is 15.9 Å². The average molecular weight is 316 g/mol. The maximum absolute atomic E-state index is 11.7. The van der Waals surface area contributed by atoms with Crippen molar-refractivity contribution in [2.45, 2.75) is 13.3 Å². The van der Waals surface area contributed by atoms with E-state index in [4.69, 9.17) is 9.84 Å². The Kier molecular flexibility index (Phi) is 6.15. The lowest BCUT2D eigenvalue weighted by atomic mass is 10.2. The quantitative estimate of drug-likeness (QED) is 0.873. The largest absolute Gasteiger partial charge is 0.483 e. The Bertz CT molecular complexity index is 409. The molecule has 1 rings (SSSR count). The smallest absolute Gasteiger partial charge is 0.260 e. The molecule has 1 aromatic carbocycles. The minimum atomic E-state index is -0.101. The number of nitrogens with zero attached hydrogens (tertiary/aromatic N) is 1. The molecular formula is C13H18BrNO3. The summed E-state index contributed by atoms with van der Waals surface area (Å²) in [6.45, 7) is 2.61. The Morgan fingerprint density at radius 1 is 1.50 bits per heavy atom. The van der Waals surface area contributed by atoms with Crippen LogP contribution in [0.5, 0.6) is 5.75 Å². The third kappa shape index (κ3) is 4.66. The van der Waals surface area contributed by atoms with Crippen LogP contribution in [-0.4, -0.2) is 42.7 Å². The van der Waals surface area contributed by atoms with Gasteiger partial charge in [0.25, 0.3) is 5.91 Å². The second-order valence-electron chi connectivity index (χ2n) is 4.12. The molecule has 0 aromatic heterocycles. The molecule has 0 fully saturated rings. The number of aliphatic hydroxyl groups excluding tert-OH is 1. The number of ether oxygens (including phenoxy) is 1. The first-order valence-electron chi connectivity index (χ1n) is 5.78. The van der Waals surface area contributed by atoms with Gasteiger partial charge in [-0.3, -0.25) is 4.79 Å². The van der Waals surface area contributed by atoms with Gasteiger partial charge in [0, 0.05) is 20.2 Å². The van der Waals surface area contributed by atoms with Crippen molar-refractivity contribution in [2.24, 2.45) is 0 Å². The van der Waals surface area contributed by atoms with Gasteiger partial charge in [-0.05, 0) is 47.0 Å². The van der Waals surface area contributed by atoms with Crippen LogP contribution in [0.4, 0.5) is 0 Å². The van der Waals surface area contributed by atoms with E-state index in [0.717, 1.165) is 10.0 Å². The van der Waals surface area contributed by atoms with Gasteiger partial charge in [-0.1, -0.05) is 6.07 Å². The second kappa shape index (κ2) is 7.38. The van der Waals surface area contributed by atoms with E-state index in [9.17, 15) is 4.79 Å². The number of likely N-dealkylation sites (N-methyl/N-ethyl adjacent to an activating group) is 1. The molecular weight excluding hydrogens is 298 g/mol. The van der Waals surface area contributed by atoms with Crippen molar-refractivity contribution < 1.29 is 14.6 Å². The molecule has 0 unspecified atom stereocenters. The van der Waals surface area contributed by atoms with Gasteiger partial charge in [-0.15, -0.1) is 0 Å². The molecule has 0 spiro atoms. The zero-order chi connectivity index (χ0) is 13.5. The van der Waals surface area contributed by atoms with E-state index in [-0.39, 0.29) is 19.1 Å². The molecule has 0 radical (unpaired) electrons. The standard InChI is InChI=1S/C13H18BrNO3/c1-10-4-5-12(11(14)8-10)18-9-13(17)15(2)6-3-7-16/h4-5,8,16H,3,6-7,9H2,1-2H3. The number of benzene rings is 1. The number of carbonyl (C=O) groups is 1. The van der Waals surface area contributed by atoms with Gasteiger partial charge < -0.3 is 14.7 Å². The number of amides is 1. The minimum absolute atomic E-state index is 0.00356. The van der Waals surface area contributed by atoms with Crippen molar-refractivity contribution in [1.82, 2.24) is 4.90 Å². The molecule has 18 heavy (non-hydrogen) atoms. The van der Waals surface area contributed by atoms with Crippen LogP contribution < -0.4 is 4.74 Å². The fraction of sp³-hybridized carbons (Fsp3) is 0.462. The first-order valence-corrected chi connectivity index (χ1v) is 6.57. The van der Waals surface area contributed by atoms with Crippen LogP contribution in [0.1, 0.15) is 12.0 Å². The van der Waals surface area contributed by atoms with Crippen LogP contribution in [0, 0.1) is 6.92 Å². The fourth-order valence-corrected chi connectivity index (χ4v) is 2.01. The summed E-state index contributed by atoms with van der Waals surface area (Å²) in [6, 6.07) is 5.70. The SMILES string of the molecule is Cc1ccc(OCC(=O)N(C)CCCO)c(Br)c1. The highest BCUT2D eigenvalue weighted by atomic mass is 79.9. The maximum Gasteiger partial charge on any atom is 0.260 e. The maximum atomic E-state index is 11.7. The normalized spacial score (nSPS) is 10.2. The van der Waals surface area contributed by atoms with Gasteiger partial charge in [0.2, 0.25) is 0 Å². The zero-order valence-electron chi connectivity index (χ0n) is 10.6. The number of aryl methyl sites for hydroxylation is 1. The number of aliphatic hydroxyl groups is 1. The summed E-state index contributed by atoms with van der Waals surface area (Å²) in [5, 5.41) is 8.69.